The number of furan rings is 1. The highest BCUT2D eigenvalue weighted by Crippen LogP contribution is 2.22. The van der Waals surface area contributed by atoms with Crippen LogP contribution in [-0.2, 0) is 11.2 Å². The van der Waals surface area contributed by atoms with E-state index in [0.717, 1.165) is 28.2 Å². The Labute approximate surface area is 158 Å². The average Bonchev–Trinajstić information content (AvgIpc) is 3.26. The second-order valence-corrected chi connectivity index (χ2v) is 6.27. The Balaban J connectivity index is 1.45. The van der Waals surface area contributed by atoms with E-state index in [0.29, 0.717) is 12.8 Å². The van der Waals surface area contributed by atoms with E-state index in [2.05, 4.69) is 5.32 Å². The van der Waals surface area contributed by atoms with Crippen LogP contribution in [0.4, 0.5) is 0 Å². The average molecular weight is 365 g/mol. The van der Waals surface area contributed by atoms with Crippen LogP contribution in [0, 0.1) is 0 Å². The van der Waals surface area contributed by atoms with Gasteiger partial charge in [0.1, 0.15) is 11.5 Å². The monoisotopic (exact) mass is 365 g/mol. The summed E-state index contributed by atoms with van der Waals surface area (Å²) in [6, 6.07) is 18.8. The zero-order chi connectivity index (χ0) is 19.1. The maximum absolute atomic E-state index is 12.0. The van der Waals surface area contributed by atoms with Crippen LogP contribution in [0.5, 0.6) is 5.75 Å². The van der Waals surface area contributed by atoms with E-state index >= 15 is 0 Å². The topological polar surface area (TPSA) is 71.7 Å². The summed E-state index contributed by atoms with van der Waals surface area (Å²) in [6.45, 7) is 0.182. The quantitative estimate of drug-likeness (QED) is 0.638. The number of nitrogens with one attached hydrogen (secondary N) is 1. The van der Waals surface area contributed by atoms with Gasteiger partial charge in [-0.05, 0) is 41.8 Å². The minimum Gasteiger partial charge on any atom is -0.497 e. The first kappa shape index (κ1) is 18.7. The van der Waals surface area contributed by atoms with Crippen LogP contribution in [0.15, 0.2) is 71.3 Å². The van der Waals surface area contributed by atoms with Gasteiger partial charge in [0, 0.05) is 18.5 Å². The molecular formula is C22H23NO4. The molecular weight excluding hydrogens is 342 g/mol. The van der Waals surface area contributed by atoms with Gasteiger partial charge in [0.2, 0.25) is 5.91 Å². The van der Waals surface area contributed by atoms with Gasteiger partial charge in [0.25, 0.3) is 0 Å². The zero-order valence-corrected chi connectivity index (χ0v) is 15.2. The second kappa shape index (κ2) is 9.05. The van der Waals surface area contributed by atoms with Crippen molar-refractivity contribution in [1.29, 1.82) is 0 Å². The largest absolute Gasteiger partial charge is 0.497 e. The van der Waals surface area contributed by atoms with Crippen LogP contribution < -0.4 is 10.1 Å². The van der Waals surface area contributed by atoms with E-state index < -0.39 is 6.10 Å². The first-order valence-corrected chi connectivity index (χ1v) is 8.87. The van der Waals surface area contributed by atoms with Crippen molar-refractivity contribution in [2.45, 2.75) is 18.9 Å². The molecule has 0 saturated heterocycles. The van der Waals surface area contributed by atoms with Gasteiger partial charge >= 0.3 is 0 Å². The molecule has 5 nitrogen and oxygen atoms in total. The molecule has 3 rings (SSSR count). The molecule has 1 aromatic heterocycles. The number of hydrogen-bond donors (Lipinski definition) is 2. The number of rotatable bonds is 8. The van der Waals surface area contributed by atoms with E-state index in [9.17, 15) is 9.90 Å². The van der Waals surface area contributed by atoms with Gasteiger partial charge in [-0.15, -0.1) is 0 Å². The summed E-state index contributed by atoms with van der Waals surface area (Å²) >= 11 is 0. The van der Waals surface area contributed by atoms with Gasteiger partial charge in [0.05, 0.1) is 19.5 Å². The molecule has 0 fully saturated rings. The second-order valence-electron chi connectivity index (χ2n) is 6.27. The Morgan fingerprint density at radius 1 is 1.11 bits per heavy atom. The van der Waals surface area contributed by atoms with Crippen molar-refractivity contribution in [1.82, 2.24) is 5.32 Å². The van der Waals surface area contributed by atoms with Crippen molar-refractivity contribution in [2.75, 3.05) is 13.7 Å². The van der Waals surface area contributed by atoms with Gasteiger partial charge in [-0.2, -0.15) is 0 Å². The molecule has 3 aromatic rings. The van der Waals surface area contributed by atoms with Crippen molar-refractivity contribution < 1.29 is 19.1 Å². The fourth-order valence-electron chi connectivity index (χ4n) is 2.78. The number of aliphatic hydroxyl groups excluding tert-OH is 1. The number of methoxy groups -OCH3 is 1. The third-order valence-electron chi connectivity index (χ3n) is 4.39. The number of aliphatic hydroxyl groups is 1. The van der Waals surface area contributed by atoms with Crippen molar-refractivity contribution in [3.8, 4) is 17.1 Å². The maximum Gasteiger partial charge on any atom is 0.220 e. The fraction of sp³-hybridized carbons (Fsp3) is 0.227. The molecule has 1 atom stereocenters. The normalized spacial score (nSPS) is 11.8. The Morgan fingerprint density at radius 3 is 2.48 bits per heavy atom. The van der Waals surface area contributed by atoms with E-state index in [1.54, 1.807) is 13.4 Å². The molecule has 0 aliphatic carbocycles. The van der Waals surface area contributed by atoms with Gasteiger partial charge in [-0.3, -0.25) is 4.79 Å². The molecule has 0 aliphatic rings. The van der Waals surface area contributed by atoms with E-state index in [4.69, 9.17) is 9.15 Å². The highest BCUT2D eigenvalue weighted by atomic mass is 16.5. The first-order chi connectivity index (χ1) is 13.2. The number of amides is 1. The van der Waals surface area contributed by atoms with Gasteiger partial charge < -0.3 is 19.6 Å². The first-order valence-electron chi connectivity index (χ1n) is 8.87. The highest BCUT2D eigenvalue weighted by molar-refractivity contribution is 5.76. The summed E-state index contributed by atoms with van der Waals surface area (Å²) in [4.78, 5) is 12.0. The summed E-state index contributed by atoms with van der Waals surface area (Å²) < 4.78 is 10.5. The standard InChI is InChI=1S/C22H23NO4/c1-26-19-11-4-16(5-12-19)6-13-22(25)23-15-20(24)17-7-9-18(10-8-17)21-3-2-14-27-21/h2-5,7-12,14,20,24H,6,13,15H2,1H3,(H,23,25)/t20-/m1/s1. The summed E-state index contributed by atoms with van der Waals surface area (Å²) in [6.07, 6.45) is 1.89. The Kier molecular flexibility index (Phi) is 6.28. The van der Waals surface area contributed by atoms with E-state index in [-0.39, 0.29) is 12.5 Å². The molecule has 140 valence electrons. The summed E-state index contributed by atoms with van der Waals surface area (Å²) in [5, 5.41) is 13.1. The summed E-state index contributed by atoms with van der Waals surface area (Å²) in [5.41, 5.74) is 2.76. The lowest BCUT2D eigenvalue weighted by Gasteiger charge is -2.13. The molecule has 1 heterocycles. The molecule has 0 bridgehead atoms. The predicted octanol–water partition coefficient (Wildman–Crippen LogP) is 3.74. The smallest absolute Gasteiger partial charge is 0.220 e. The molecule has 0 spiro atoms. The van der Waals surface area contributed by atoms with Gasteiger partial charge in [-0.1, -0.05) is 36.4 Å². The van der Waals surface area contributed by atoms with Gasteiger partial charge in [0.15, 0.2) is 0 Å². The Bertz CT molecular complexity index is 839. The molecule has 1 amide bonds. The molecule has 0 unspecified atom stereocenters. The minimum atomic E-state index is -0.749. The molecule has 2 N–H and O–H groups in total. The fourth-order valence-corrected chi connectivity index (χ4v) is 2.78. The van der Waals surface area contributed by atoms with Crippen LogP contribution in [0.2, 0.25) is 0 Å². The highest BCUT2D eigenvalue weighted by Gasteiger charge is 2.10. The molecule has 0 saturated carbocycles. The Morgan fingerprint density at radius 2 is 1.85 bits per heavy atom. The predicted molar refractivity (Wildman–Crippen MR) is 103 cm³/mol. The van der Waals surface area contributed by atoms with Crippen LogP contribution in [0.25, 0.3) is 11.3 Å². The van der Waals surface area contributed by atoms with Crippen molar-refractivity contribution in [3.05, 3.63) is 78.1 Å². The number of aryl methyl sites for hydroxylation is 1. The number of hydrogen-bond acceptors (Lipinski definition) is 4. The van der Waals surface area contributed by atoms with Crippen molar-refractivity contribution in [3.63, 3.8) is 0 Å². The third-order valence-corrected chi connectivity index (χ3v) is 4.39. The van der Waals surface area contributed by atoms with Crippen LogP contribution in [-0.4, -0.2) is 24.7 Å². The van der Waals surface area contributed by atoms with Gasteiger partial charge in [-0.25, -0.2) is 0 Å². The number of ether oxygens (including phenoxy) is 1. The lowest BCUT2D eigenvalue weighted by atomic mass is 10.1. The number of benzene rings is 2. The molecule has 5 heteroatoms. The zero-order valence-electron chi connectivity index (χ0n) is 15.2. The minimum absolute atomic E-state index is 0.0860. The van der Waals surface area contributed by atoms with Crippen molar-refractivity contribution in [2.24, 2.45) is 0 Å². The molecule has 27 heavy (non-hydrogen) atoms. The SMILES string of the molecule is COc1ccc(CCC(=O)NC[C@@H](O)c2ccc(-c3ccco3)cc2)cc1. The van der Waals surface area contributed by atoms with Crippen molar-refractivity contribution >= 4 is 5.91 Å². The van der Waals surface area contributed by atoms with Crippen LogP contribution >= 0.6 is 0 Å². The van der Waals surface area contributed by atoms with E-state index in [1.807, 2.05) is 60.7 Å². The molecule has 2 aromatic carbocycles. The maximum atomic E-state index is 12.0. The summed E-state index contributed by atoms with van der Waals surface area (Å²) in [7, 11) is 1.62. The number of carbonyl (C=O) groups is 1. The van der Waals surface area contributed by atoms with E-state index in [1.165, 1.54) is 0 Å². The summed E-state index contributed by atoms with van der Waals surface area (Å²) in [5.74, 6) is 1.49. The lowest BCUT2D eigenvalue weighted by molar-refractivity contribution is -0.121. The molecule has 0 radical (unpaired) electrons. The lowest BCUT2D eigenvalue weighted by Crippen LogP contribution is -2.28. The Hall–Kier alpha value is -3.05. The van der Waals surface area contributed by atoms with Crippen LogP contribution in [0.1, 0.15) is 23.7 Å². The third kappa shape index (κ3) is 5.21. The van der Waals surface area contributed by atoms with Crippen LogP contribution in [0.3, 0.4) is 0 Å². The molecule has 0 aliphatic heterocycles. The number of carbonyl (C=O) groups excluding carboxylic acids is 1.